The molecule has 0 saturated carbocycles. The molecule has 0 atom stereocenters. The van der Waals surface area contributed by atoms with E-state index in [1.807, 2.05) is 24.3 Å². The van der Waals surface area contributed by atoms with Gasteiger partial charge in [0.05, 0.1) is 0 Å². The lowest BCUT2D eigenvalue weighted by atomic mass is 10.2. The fourth-order valence-corrected chi connectivity index (χ4v) is 1.30. The zero-order chi connectivity index (χ0) is 18.2. The summed E-state index contributed by atoms with van der Waals surface area (Å²) in [5.41, 5.74) is 10.5. The van der Waals surface area contributed by atoms with Gasteiger partial charge >= 0.3 is 11.9 Å². The molecule has 2 heterocycles. The highest BCUT2D eigenvalue weighted by atomic mass is 16.4. The Morgan fingerprint density at radius 1 is 0.792 bits per heavy atom. The van der Waals surface area contributed by atoms with Crippen LogP contribution in [0.15, 0.2) is 48.8 Å². The third kappa shape index (κ3) is 15.2. The lowest BCUT2D eigenvalue weighted by Crippen LogP contribution is -1.97. The predicted molar refractivity (Wildman–Crippen MR) is 91.0 cm³/mol. The summed E-state index contributed by atoms with van der Waals surface area (Å²) in [5, 5.41) is 16.3. The fourth-order valence-electron chi connectivity index (χ4n) is 1.30. The van der Waals surface area contributed by atoms with Crippen molar-refractivity contribution in [3.05, 3.63) is 48.8 Å². The molecule has 0 aromatic carbocycles. The number of carboxylic acid groups (broad SMARTS) is 2. The highest BCUT2D eigenvalue weighted by Crippen LogP contribution is 1.98. The number of nitrogen functional groups attached to an aromatic ring is 2. The van der Waals surface area contributed by atoms with Crippen LogP contribution >= 0.6 is 0 Å². The Morgan fingerprint density at radius 2 is 1.17 bits per heavy atom. The molecule has 0 bridgehead atoms. The standard InChI is InChI=1S/C6H10O4.2C5H6N2/c7-5(8)3-1-2-4-6(9)10;2*6-5-3-1-2-4-7-5/h1-4H2,(H,7,8)(H,9,10);2*1-4H,(H2,6,7). The second-order valence-electron chi connectivity index (χ2n) is 4.50. The van der Waals surface area contributed by atoms with Crippen LogP contribution in [0.3, 0.4) is 0 Å². The Kier molecular flexibility index (Phi) is 11.7. The van der Waals surface area contributed by atoms with Gasteiger partial charge in [0.25, 0.3) is 0 Å². The Labute approximate surface area is 140 Å². The monoisotopic (exact) mass is 334 g/mol. The summed E-state index contributed by atoms with van der Waals surface area (Å²) in [6.07, 6.45) is 4.34. The molecule has 0 aliphatic rings. The number of anilines is 2. The maximum Gasteiger partial charge on any atom is 0.303 e. The van der Waals surface area contributed by atoms with E-state index in [4.69, 9.17) is 21.7 Å². The summed E-state index contributed by atoms with van der Waals surface area (Å²) in [5.74, 6) is -0.597. The zero-order valence-corrected chi connectivity index (χ0v) is 13.2. The Hall–Kier alpha value is -3.16. The van der Waals surface area contributed by atoms with Crippen LogP contribution in [0.1, 0.15) is 25.7 Å². The van der Waals surface area contributed by atoms with Crippen molar-refractivity contribution in [2.45, 2.75) is 25.7 Å². The van der Waals surface area contributed by atoms with Crippen molar-refractivity contribution in [3.63, 3.8) is 0 Å². The number of aromatic nitrogens is 2. The average molecular weight is 334 g/mol. The van der Waals surface area contributed by atoms with Crippen LogP contribution in [-0.4, -0.2) is 32.1 Å². The first-order chi connectivity index (χ1) is 11.4. The predicted octanol–water partition coefficient (Wildman–Crippen LogP) is 2.04. The molecular weight excluding hydrogens is 312 g/mol. The van der Waals surface area contributed by atoms with Gasteiger partial charge in [-0.15, -0.1) is 0 Å². The van der Waals surface area contributed by atoms with Gasteiger partial charge in [0, 0.05) is 25.2 Å². The molecule has 8 nitrogen and oxygen atoms in total. The first kappa shape index (κ1) is 20.8. The van der Waals surface area contributed by atoms with E-state index in [1.54, 1.807) is 24.5 Å². The smallest absolute Gasteiger partial charge is 0.303 e. The highest BCUT2D eigenvalue weighted by Gasteiger charge is 1.99. The van der Waals surface area contributed by atoms with E-state index in [-0.39, 0.29) is 12.8 Å². The Bertz CT molecular complexity index is 526. The number of carboxylic acids is 2. The van der Waals surface area contributed by atoms with E-state index in [0.29, 0.717) is 24.5 Å². The molecule has 0 unspecified atom stereocenters. The maximum absolute atomic E-state index is 9.90. The third-order valence-corrected chi connectivity index (χ3v) is 2.41. The fraction of sp³-hybridized carbons (Fsp3) is 0.250. The molecule has 8 heteroatoms. The van der Waals surface area contributed by atoms with E-state index in [9.17, 15) is 9.59 Å². The molecule has 0 fully saturated rings. The molecule has 0 amide bonds. The van der Waals surface area contributed by atoms with Crippen LogP contribution in [0.4, 0.5) is 11.6 Å². The van der Waals surface area contributed by atoms with Gasteiger partial charge in [-0.25, -0.2) is 9.97 Å². The SMILES string of the molecule is Nc1ccccn1.Nc1ccccn1.O=C(O)CCCCC(=O)O. The van der Waals surface area contributed by atoms with Gasteiger partial charge in [-0.05, 0) is 37.1 Å². The average Bonchev–Trinajstić information content (AvgIpc) is 2.54. The van der Waals surface area contributed by atoms with Crippen LogP contribution in [0.25, 0.3) is 0 Å². The highest BCUT2D eigenvalue weighted by molar-refractivity contribution is 5.67. The number of carbonyl (C=O) groups is 2. The van der Waals surface area contributed by atoms with Crippen molar-refractivity contribution >= 4 is 23.6 Å². The number of pyridine rings is 2. The number of hydrogen-bond acceptors (Lipinski definition) is 6. The molecule has 0 radical (unpaired) electrons. The molecule has 0 aliphatic heterocycles. The summed E-state index contributed by atoms with van der Waals surface area (Å²) in [6, 6.07) is 10.9. The van der Waals surface area contributed by atoms with Crippen molar-refractivity contribution < 1.29 is 19.8 Å². The number of unbranched alkanes of at least 4 members (excludes halogenated alkanes) is 1. The topological polar surface area (TPSA) is 152 Å². The number of hydrogen-bond donors (Lipinski definition) is 4. The van der Waals surface area contributed by atoms with Crippen molar-refractivity contribution in [3.8, 4) is 0 Å². The van der Waals surface area contributed by atoms with E-state index in [1.165, 1.54) is 0 Å². The van der Waals surface area contributed by atoms with Gasteiger partial charge < -0.3 is 21.7 Å². The molecule has 130 valence electrons. The number of nitrogens with zero attached hydrogens (tertiary/aromatic N) is 2. The van der Waals surface area contributed by atoms with Gasteiger partial charge in [-0.2, -0.15) is 0 Å². The maximum atomic E-state index is 9.90. The minimum Gasteiger partial charge on any atom is -0.481 e. The second-order valence-corrected chi connectivity index (χ2v) is 4.50. The molecule has 6 N–H and O–H groups in total. The van der Waals surface area contributed by atoms with E-state index < -0.39 is 11.9 Å². The van der Waals surface area contributed by atoms with E-state index in [2.05, 4.69) is 9.97 Å². The molecule has 24 heavy (non-hydrogen) atoms. The number of nitrogens with two attached hydrogens (primary N) is 2. The van der Waals surface area contributed by atoms with Crippen molar-refractivity contribution in [1.29, 1.82) is 0 Å². The molecule has 0 aliphatic carbocycles. The number of rotatable bonds is 5. The van der Waals surface area contributed by atoms with Crippen LogP contribution in [0.5, 0.6) is 0 Å². The summed E-state index contributed by atoms with van der Waals surface area (Å²) in [4.78, 5) is 27.3. The van der Waals surface area contributed by atoms with Crippen LogP contribution in [0.2, 0.25) is 0 Å². The Balaban J connectivity index is 0.000000337. The summed E-state index contributed by atoms with van der Waals surface area (Å²) < 4.78 is 0. The summed E-state index contributed by atoms with van der Waals surface area (Å²) >= 11 is 0. The van der Waals surface area contributed by atoms with Crippen molar-refractivity contribution in [2.75, 3.05) is 11.5 Å². The molecule has 0 saturated heterocycles. The Morgan fingerprint density at radius 3 is 1.33 bits per heavy atom. The van der Waals surface area contributed by atoms with Gasteiger partial charge in [0.15, 0.2) is 0 Å². The lowest BCUT2D eigenvalue weighted by Gasteiger charge is -1.92. The second kappa shape index (κ2) is 13.5. The molecule has 2 aromatic heterocycles. The third-order valence-electron chi connectivity index (χ3n) is 2.41. The minimum absolute atomic E-state index is 0.0628. The van der Waals surface area contributed by atoms with E-state index in [0.717, 1.165) is 0 Å². The summed E-state index contributed by atoms with van der Waals surface area (Å²) in [7, 11) is 0. The molecular formula is C16H22N4O4. The first-order valence-corrected chi connectivity index (χ1v) is 7.18. The van der Waals surface area contributed by atoms with Gasteiger partial charge in [-0.1, -0.05) is 12.1 Å². The molecule has 0 spiro atoms. The summed E-state index contributed by atoms with van der Waals surface area (Å²) in [6.45, 7) is 0. The van der Waals surface area contributed by atoms with Crippen LogP contribution in [0, 0.1) is 0 Å². The normalized spacial score (nSPS) is 8.83. The number of aliphatic carboxylic acids is 2. The molecule has 2 aromatic rings. The van der Waals surface area contributed by atoms with Gasteiger partial charge in [0.1, 0.15) is 11.6 Å². The van der Waals surface area contributed by atoms with E-state index >= 15 is 0 Å². The zero-order valence-electron chi connectivity index (χ0n) is 13.2. The van der Waals surface area contributed by atoms with Crippen molar-refractivity contribution in [2.24, 2.45) is 0 Å². The largest absolute Gasteiger partial charge is 0.481 e. The van der Waals surface area contributed by atoms with Crippen LogP contribution < -0.4 is 11.5 Å². The first-order valence-electron chi connectivity index (χ1n) is 7.18. The van der Waals surface area contributed by atoms with Gasteiger partial charge in [0.2, 0.25) is 0 Å². The minimum atomic E-state index is -0.870. The van der Waals surface area contributed by atoms with Crippen LogP contribution in [-0.2, 0) is 9.59 Å². The van der Waals surface area contributed by atoms with Crippen molar-refractivity contribution in [1.82, 2.24) is 9.97 Å². The van der Waals surface area contributed by atoms with Gasteiger partial charge in [-0.3, -0.25) is 9.59 Å². The quantitative estimate of drug-likeness (QED) is 0.606. The lowest BCUT2D eigenvalue weighted by molar-refractivity contribution is -0.139. The molecule has 2 rings (SSSR count).